The zero-order valence-electron chi connectivity index (χ0n) is 18.9. The van der Waals surface area contributed by atoms with E-state index in [4.69, 9.17) is 20.8 Å². The largest absolute Gasteiger partial charge is 0.472 e. The van der Waals surface area contributed by atoms with Crippen molar-refractivity contribution in [3.05, 3.63) is 75.1 Å². The molecule has 0 unspecified atom stereocenters. The van der Waals surface area contributed by atoms with Crippen LogP contribution < -0.4 is 0 Å². The molecule has 2 aromatic rings. The lowest BCUT2D eigenvalue weighted by Crippen LogP contribution is -2.07. The molecule has 34 heavy (non-hydrogen) atoms. The van der Waals surface area contributed by atoms with Gasteiger partial charge in [0, 0.05) is 27.6 Å². The number of halogens is 2. The van der Waals surface area contributed by atoms with E-state index in [1.165, 1.54) is 0 Å². The molecule has 1 aliphatic carbocycles. The molecular weight excluding hydrogens is 518 g/mol. The Kier molecular flexibility index (Phi) is 7.40. The summed E-state index contributed by atoms with van der Waals surface area (Å²) in [6.07, 6.45) is 5.86. The van der Waals surface area contributed by atoms with Crippen molar-refractivity contribution in [3.8, 4) is 28.3 Å². The maximum Gasteiger partial charge on any atom is 0.360 e. The molecule has 0 bridgehead atoms. The lowest BCUT2D eigenvalue weighted by Gasteiger charge is -2.13. The standard InChI is InChI=1S/C26H23BrClN3O3/c1-3-5-10-21-30-24(26(32)34-4-2)25(28)31(21)14-19-18-11-12-33-15-20(18)23(27)22(19)17-9-7-6-8-16(17)13-29/h6-9,11-12,15H,3-5,10,14H2,1-2H3. The highest BCUT2D eigenvalue weighted by Gasteiger charge is 2.28. The first kappa shape index (κ1) is 24.1. The molecular formula is C26H23BrClN3O3. The molecule has 0 amide bonds. The number of esters is 1. The van der Waals surface area contributed by atoms with Crippen LogP contribution in [0.1, 0.15) is 54.1 Å². The number of benzene rings is 1. The van der Waals surface area contributed by atoms with Gasteiger partial charge in [-0.2, -0.15) is 5.26 Å². The molecule has 4 rings (SSSR count). The van der Waals surface area contributed by atoms with E-state index >= 15 is 0 Å². The summed E-state index contributed by atoms with van der Waals surface area (Å²) < 4.78 is 13.3. The van der Waals surface area contributed by atoms with E-state index in [1.54, 1.807) is 25.5 Å². The average molecular weight is 541 g/mol. The first-order chi connectivity index (χ1) is 16.5. The number of aromatic nitrogens is 2. The number of rotatable bonds is 8. The van der Waals surface area contributed by atoms with Gasteiger partial charge in [0.1, 0.15) is 11.0 Å². The molecule has 1 aromatic heterocycles. The summed E-state index contributed by atoms with van der Waals surface area (Å²) in [4.78, 5) is 17.1. The number of hydrogen-bond acceptors (Lipinski definition) is 5. The number of hydrogen-bond donors (Lipinski definition) is 0. The summed E-state index contributed by atoms with van der Waals surface area (Å²) in [5.41, 5.74) is 5.18. The summed E-state index contributed by atoms with van der Waals surface area (Å²) in [7, 11) is 0. The normalized spacial score (nSPS) is 11.0. The van der Waals surface area contributed by atoms with Crippen molar-refractivity contribution >= 4 is 33.5 Å². The van der Waals surface area contributed by atoms with E-state index in [-0.39, 0.29) is 17.5 Å². The van der Waals surface area contributed by atoms with Crippen molar-refractivity contribution in [1.82, 2.24) is 9.55 Å². The summed E-state index contributed by atoms with van der Waals surface area (Å²) in [6.45, 7) is 4.46. The summed E-state index contributed by atoms with van der Waals surface area (Å²) in [6, 6.07) is 11.7. The van der Waals surface area contributed by atoms with Crippen molar-refractivity contribution in [3.63, 3.8) is 0 Å². The fraction of sp³-hybridized carbons (Fsp3) is 0.269. The number of carbonyl (C=O) groups is 1. The highest BCUT2D eigenvalue weighted by atomic mass is 79.9. The Bertz CT molecular complexity index is 1350. The summed E-state index contributed by atoms with van der Waals surface area (Å²) in [5, 5.41) is 10.0. The van der Waals surface area contributed by atoms with Crippen molar-refractivity contribution in [2.75, 3.05) is 6.61 Å². The van der Waals surface area contributed by atoms with Gasteiger partial charge in [0.15, 0.2) is 5.69 Å². The van der Waals surface area contributed by atoms with Gasteiger partial charge < -0.3 is 13.7 Å². The minimum atomic E-state index is -0.536. The van der Waals surface area contributed by atoms with Gasteiger partial charge in [0.25, 0.3) is 0 Å². The molecule has 2 heterocycles. The van der Waals surface area contributed by atoms with Crippen LogP contribution in [-0.4, -0.2) is 22.1 Å². The third-order valence-corrected chi connectivity index (χ3v) is 6.92. The molecule has 0 radical (unpaired) electrons. The van der Waals surface area contributed by atoms with Crippen LogP contribution in [0.2, 0.25) is 5.15 Å². The number of imidazole rings is 1. The highest BCUT2D eigenvalue weighted by molar-refractivity contribution is 9.10. The van der Waals surface area contributed by atoms with Crippen molar-refractivity contribution in [2.24, 2.45) is 0 Å². The van der Waals surface area contributed by atoms with Crippen molar-refractivity contribution < 1.29 is 13.9 Å². The molecule has 0 saturated carbocycles. The van der Waals surface area contributed by atoms with E-state index in [2.05, 4.69) is 33.9 Å². The van der Waals surface area contributed by atoms with Gasteiger partial charge in [-0.1, -0.05) is 43.1 Å². The third-order valence-electron chi connectivity index (χ3n) is 5.71. The van der Waals surface area contributed by atoms with Gasteiger partial charge in [-0.3, -0.25) is 0 Å². The van der Waals surface area contributed by atoms with Crippen LogP contribution in [0.5, 0.6) is 0 Å². The quantitative estimate of drug-likeness (QED) is 0.223. The van der Waals surface area contributed by atoms with Crippen LogP contribution in [0.15, 0.2) is 51.7 Å². The van der Waals surface area contributed by atoms with Crippen LogP contribution in [0.3, 0.4) is 0 Å². The molecule has 2 aliphatic rings. The Morgan fingerprint density at radius 1 is 1.24 bits per heavy atom. The molecule has 8 heteroatoms. The predicted octanol–water partition coefficient (Wildman–Crippen LogP) is 7.10. The van der Waals surface area contributed by atoms with Gasteiger partial charge in [0.05, 0.1) is 37.3 Å². The highest BCUT2D eigenvalue weighted by Crippen LogP contribution is 2.47. The van der Waals surface area contributed by atoms with Crippen molar-refractivity contribution in [1.29, 1.82) is 5.26 Å². The number of fused-ring (bicyclic) bond motifs is 1. The Balaban J connectivity index is 1.93. The van der Waals surface area contributed by atoms with E-state index in [0.29, 0.717) is 18.5 Å². The van der Waals surface area contributed by atoms with Gasteiger partial charge >= 0.3 is 5.97 Å². The Morgan fingerprint density at radius 2 is 2.03 bits per heavy atom. The number of nitriles is 1. The number of aryl methyl sites for hydroxylation is 1. The van der Waals surface area contributed by atoms with Crippen LogP contribution in [-0.2, 0) is 17.7 Å². The lowest BCUT2D eigenvalue weighted by molar-refractivity contribution is 0.0520. The van der Waals surface area contributed by atoms with E-state index in [1.807, 2.05) is 28.8 Å². The maximum absolute atomic E-state index is 12.5. The topological polar surface area (TPSA) is 81.0 Å². The number of ether oxygens (including phenoxy) is 1. The monoisotopic (exact) mass is 539 g/mol. The molecule has 174 valence electrons. The zero-order valence-corrected chi connectivity index (χ0v) is 21.2. The Morgan fingerprint density at radius 3 is 2.76 bits per heavy atom. The number of nitrogens with zero attached hydrogens (tertiary/aromatic N) is 3. The molecule has 6 nitrogen and oxygen atoms in total. The Labute approximate surface area is 211 Å². The van der Waals surface area contributed by atoms with Crippen LogP contribution in [0, 0.1) is 11.3 Å². The zero-order chi connectivity index (χ0) is 24.2. The molecule has 0 saturated heterocycles. The third kappa shape index (κ3) is 4.36. The molecule has 0 fully saturated rings. The SMILES string of the molecule is CCCCc1nc(C(=O)OCC)c(Cl)n1Cc1c2ccocc-2c(Br)c1-c1ccccc1C#N. The fourth-order valence-electron chi connectivity index (χ4n) is 4.10. The molecule has 0 atom stereocenters. The minimum absolute atomic E-state index is 0.124. The summed E-state index contributed by atoms with van der Waals surface area (Å²) in [5.74, 6) is 0.187. The second-order valence-electron chi connectivity index (χ2n) is 7.79. The second-order valence-corrected chi connectivity index (χ2v) is 8.94. The number of unbranched alkanes of at least 4 members (excludes halogenated alkanes) is 1. The number of carbonyl (C=O) groups excluding carboxylic acids is 1. The average Bonchev–Trinajstić information content (AvgIpc) is 3.32. The fourth-order valence-corrected chi connectivity index (χ4v) is 5.13. The predicted molar refractivity (Wildman–Crippen MR) is 134 cm³/mol. The summed E-state index contributed by atoms with van der Waals surface area (Å²) >= 11 is 10.5. The maximum atomic E-state index is 12.5. The molecule has 1 aromatic carbocycles. The van der Waals surface area contributed by atoms with Gasteiger partial charge in [0.2, 0.25) is 0 Å². The van der Waals surface area contributed by atoms with Gasteiger partial charge in [-0.15, -0.1) is 0 Å². The minimum Gasteiger partial charge on any atom is -0.472 e. The molecule has 0 spiro atoms. The first-order valence-electron chi connectivity index (χ1n) is 11.1. The van der Waals surface area contributed by atoms with E-state index in [0.717, 1.165) is 51.0 Å². The molecule has 0 N–H and O–H groups in total. The van der Waals surface area contributed by atoms with Crippen LogP contribution in [0.25, 0.3) is 22.3 Å². The van der Waals surface area contributed by atoms with Crippen molar-refractivity contribution in [2.45, 2.75) is 39.7 Å². The van der Waals surface area contributed by atoms with E-state index < -0.39 is 5.97 Å². The van der Waals surface area contributed by atoms with Gasteiger partial charge in [-0.25, -0.2) is 9.78 Å². The van der Waals surface area contributed by atoms with Crippen LogP contribution >= 0.6 is 27.5 Å². The molecule has 1 aliphatic heterocycles. The van der Waals surface area contributed by atoms with Crippen LogP contribution in [0.4, 0.5) is 0 Å². The first-order valence-corrected chi connectivity index (χ1v) is 12.3. The second kappa shape index (κ2) is 10.5. The lowest BCUT2D eigenvalue weighted by atomic mass is 9.98. The van der Waals surface area contributed by atoms with Gasteiger partial charge in [-0.05, 0) is 52.5 Å². The smallest absolute Gasteiger partial charge is 0.360 e. The van der Waals surface area contributed by atoms with E-state index in [9.17, 15) is 10.1 Å². The Hall–Kier alpha value is -3.08.